The Morgan fingerprint density at radius 2 is 2.19 bits per heavy atom. The summed E-state index contributed by atoms with van der Waals surface area (Å²) in [7, 11) is -2.27. The van der Waals surface area contributed by atoms with Gasteiger partial charge >= 0.3 is 0 Å². The van der Waals surface area contributed by atoms with E-state index in [2.05, 4.69) is 0 Å². The second kappa shape index (κ2) is 5.63. The van der Waals surface area contributed by atoms with Gasteiger partial charge in [-0.05, 0) is 19.1 Å². The molecule has 1 aromatic rings. The van der Waals surface area contributed by atoms with Crippen molar-refractivity contribution in [1.82, 2.24) is 4.31 Å². The highest BCUT2D eigenvalue weighted by atomic mass is 32.2. The molecule has 1 heterocycles. The smallest absolute Gasteiger partial charge is 0.250 e. The molecule has 0 saturated carbocycles. The third-order valence-electron chi connectivity index (χ3n) is 3.44. The van der Waals surface area contributed by atoms with E-state index in [1.165, 1.54) is 30.5 Å². The van der Waals surface area contributed by atoms with E-state index in [1.54, 1.807) is 12.1 Å². The molecule has 0 aromatic heterocycles. The fraction of sp³-hybridized carbons (Fsp3) is 0.462. The average Bonchev–Trinajstić information content (AvgIpc) is 2.47. The van der Waals surface area contributed by atoms with E-state index in [9.17, 15) is 13.2 Å². The van der Waals surface area contributed by atoms with E-state index in [0.29, 0.717) is 5.75 Å². The Labute approximate surface area is 123 Å². The third-order valence-corrected chi connectivity index (χ3v) is 5.28. The van der Waals surface area contributed by atoms with Crippen LogP contribution in [0, 0.1) is 0 Å². The zero-order chi connectivity index (χ0) is 15.7. The summed E-state index contributed by atoms with van der Waals surface area (Å²) in [5.74, 6) is -0.241. The minimum absolute atomic E-state index is 0.107. The highest BCUT2D eigenvalue weighted by Crippen LogP contribution is 2.25. The molecule has 1 atom stereocenters. The zero-order valence-corrected chi connectivity index (χ0v) is 12.7. The SMILES string of the molecule is COc1cccc(S(=O)(=O)N2CCOC(C)(C(N)=O)C2)c1. The van der Waals surface area contributed by atoms with Crippen LogP contribution in [0.3, 0.4) is 0 Å². The summed E-state index contributed by atoms with van der Waals surface area (Å²) in [4.78, 5) is 11.5. The second-order valence-electron chi connectivity index (χ2n) is 4.96. The molecular formula is C13H18N2O5S. The summed E-state index contributed by atoms with van der Waals surface area (Å²) in [5, 5.41) is 0. The van der Waals surface area contributed by atoms with Crippen LogP contribution in [-0.4, -0.2) is 51.0 Å². The monoisotopic (exact) mass is 314 g/mol. The van der Waals surface area contributed by atoms with Crippen LogP contribution in [0.15, 0.2) is 29.2 Å². The van der Waals surface area contributed by atoms with Gasteiger partial charge in [-0.3, -0.25) is 4.79 Å². The number of nitrogens with two attached hydrogens (primary N) is 1. The standard InChI is InChI=1S/C13H18N2O5S/c1-13(12(14)16)9-15(6-7-20-13)21(17,18)11-5-3-4-10(8-11)19-2/h3-5,8H,6-7,9H2,1-2H3,(H2,14,16). The summed E-state index contributed by atoms with van der Waals surface area (Å²) in [6.07, 6.45) is 0. The van der Waals surface area contributed by atoms with Gasteiger partial charge < -0.3 is 15.2 Å². The summed E-state index contributed by atoms with van der Waals surface area (Å²) in [5.41, 5.74) is 3.97. The molecule has 116 valence electrons. The van der Waals surface area contributed by atoms with Crippen LogP contribution in [0.25, 0.3) is 0 Å². The first-order valence-electron chi connectivity index (χ1n) is 6.38. The van der Waals surface area contributed by atoms with Crippen molar-refractivity contribution in [3.8, 4) is 5.75 Å². The normalized spacial score (nSPS) is 23.7. The number of benzene rings is 1. The molecule has 0 bridgehead atoms. The number of morpholine rings is 1. The average molecular weight is 314 g/mol. The Hall–Kier alpha value is -1.64. The van der Waals surface area contributed by atoms with Crippen LogP contribution in [0.1, 0.15) is 6.92 Å². The van der Waals surface area contributed by atoms with Crippen molar-refractivity contribution < 1.29 is 22.7 Å². The first-order chi connectivity index (χ1) is 9.79. The summed E-state index contributed by atoms with van der Waals surface area (Å²) in [6, 6.07) is 6.17. The Balaban J connectivity index is 2.33. The predicted octanol–water partition coefficient (Wildman–Crippen LogP) is -0.0399. The van der Waals surface area contributed by atoms with Crippen molar-refractivity contribution in [2.75, 3.05) is 26.8 Å². The van der Waals surface area contributed by atoms with Gasteiger partial charge in [-0.2, -0.15) is 4.31 Å². The second-order valence-corrected chi connectivity index (χ2v) is 6.90. The molecule has 0 aliphatic carbocycles. The van der Waals surface area contributed by atoms with Crippen LogP contribution in [0.5, 0.6) is 5.75 Å². The number of primary amides is 1. The molecule has 21 heavy (non-hydrogen) atoms. The van der Waals surface area contributed by atoms with Gasteiger partial charge in [0, 0.05) is 12.6 Å². The van der Waals surface area contributed by atoms with E-state index in [-0.39, 0.29) is 24.6 Å². The molecule has 0 radical (unpaired) electrons. The van der Waals surface area contributed by atoms with Crippen molar-refractivity contribution in [3.63, 3.8) is 0 Å². The van der Waals surface area contributed by atoms with E-state index >= 15 is 0 Å². The molecule has 1 aliphatic rings. The number of hydrogen-bond acceptors (Lipinski definition) is 5. The summed E-state index contributed by atoms with van der Waals surface area (Å²) in [6.45, 7) is 1.66. The van der Waals surface area contributed by atoms with Gasteiger partial charge in [-0.15, -0.1) is 0 Å². The lowest BCUT2D eigenvalue weighted by atomic mass is 10.1. The molecule has 1 unspecified atom stereocenters. The lowest BCUT2D eigenvalue weighted by Crippen LogP contribution is -2.58. The predicted molar refractivity (Wildman–Crippen MR) is 75.3 cm³/mol. The fourth-order valence-corrected chi connectivity index (χ4v) is 3.64. The highest BCUT2D eigenvalue weighted by Gasteiger charge is 2.42. The molecule has 7 nitrogen and oxygen atoms in total. The third kappa shape index (κ3) is 3.02. The van der Waals surface area contributed by atoms with E-state index in [1.807, 2.05) is 0 Å². The van der Waals surface area contributed by atoms with Crippen LogP contribution in [0.2, 0.25) is 0 Å². The Bertz CT molecular complexity index is 646. The van der Waals surface area contributed by atoms with E-state index < -0.39 is 21.5 Å². The highest BCUT2D eigenvalue weighted by molar-refractivity contribution is 7.89. The Morgan fingerprint density at radius 1 is 1.48 bits per heavy atom. The number of carbonyl (C=O) groups is 1. The molecule has 8 heteroatoms. The van der Waals surface area contributed by atoms with Gasteiger partial charge in [0.15, 0.2) is 5.60 Å². The molecule has 0 spiro atoms. The van der Waals surface area contributed by atoms with Gasteiger partial charge in [0.25, 0.3) is 5.91 Å². The lowest BCUT2D eigenvalue weighted by molar-refractivity contribution is -0.148. The zero-order valence-electron chi connectivity index (χ0n) is 11.9. The Kier molecular flexibility index (Phi) is 4.22. The minimum Gasteiger partial charge on any atom is -0.497 e. The molecule has 2 N–H and O–H groups in total. The number of sulfonamides is 1. The first-order valence-corrected chi connectivity index (χ1v) is 7.82. The van der Waals surface area contributed by atoms with Gasteiger partial charge in [0.05, 0.1) is 25.2 Å². The van der Waals surface area contributed by atoms with Gasteiger partial charge in [0.1, 0.15) is 5.75 Å². The number of rotatable bonds is 4. The van der Waals surface area contributed by atoms with E-state index in [0.717, 1.165) is 0 Å². The largest absolute Gasteiger partial charge is 0.497 e. The molecule has 1 saturated heterocycles. The summed E-state index contributed by atoms with van der Waals surface area (Å²) >= 11 is 0. The van der Waals surface area contributed by atoms with Crippen molar-refractivity contribution in [2.24, 2.45) is 5.73 Å². The summed E-state index contributed by atoms with van der Waals surface area (Å²) < 4.78 is 36.8. The van der Waals surface area contributed by atoms with Gasteiger partial charge in [0.2, 0.25) is 10.0 Å². The molecule has 2 rings (SSSR count). The van der Waals surface area contributed by atoms with Gasteiger partial charge in [-0.25, -0.2) is 8.42 Å². The fourth-order valence-electron chi connectivity index (χ4n) is 2.10. The molecular weight excluding hydrogens is 296 g/mol. The van der Waals surface area contributed by atoms with Crippen molar-refractivity contribution >= 4 is 15.9 Å². The Morgan fingerprint density at radius 3 is 2.81 bits per heavy atom. The molecule has 1 aromatic carbocycles. The van der Waals surface area contributed by atoms with E-state index in [4.69, 9.17) is 15.2 Å². The van der Waals surface area contributed by atoms with Crippen molar-refractivity contribution in [3.05, 3.63) is 24.3 Å². The number of hydrogen-bond donors (Lipinski definition) is 1. The maximum absolute atomic E-state index is 12.6. The van der Waals surface area contributed by atoms with Crippen molar-refractivity contribution in [1.29, 1.82) is 0 Å². The number of nitrogens with zero attached hydrogens (tertiary/aromatic N) is 1. The van der Waals surface area contributed by atoms with Crippen LogP contribution in [0.4, 0.5) is 0 Å². The molecule has 1 amide bonds. The number of ether oxygens (including phenoxy) is 2. The topological polar surface area (TPSA) is 98.9 Å². The minimum atomic E-state index is -3.73. The van der Waals surface area contributed by atoms with Crippen molar-refractivity contribution in [2.45, 2.75) is 17.4 Å². The number of methoxy groups -OCH3 is 1. The maximum atomic E-state index is 12.6. The molecule has 1 fully saturated rings. The van der Waals surface area contributed by atoms with Crippen LogP contribution in [-0.2, 0) is 19.6 Å². The first kappa shape index (κ1) is 15.7. The van der Waals surface area contributed by atoms with Crippen LogP contribution >= 0.6 is 0 Å². The van der Waals surface area contributed by atoms with Crippen LogP contribution < -0.4 is 10.5 Å². The maximum Gasteiger partial charge on any atom is 0.250 e. The quantitative estimate of drug-likeness (QED) is 0.841. The lowest BCUT2D eigenvalue weighted by Gasteiger charge is -2.37. The molecule has 1 aliphatic heterocycles. The van der Waals surface area contributed by atoms with Gasteiger partial charge in [-0.1, -0.05) is 6.07 Å². The number of carbonyl (C=O) groups excluding carboxylic acids is 1. The number of amides is 1.